The van der Waals surface area contributed by atoms with Crippen LogP contribution in [0.4, 0.5) is 4.39 Å². The van der Waals surface area contributed by atoms with Crippen LogP contribution in [0.15, 0.2) is 42.6 Å². The molecule has 0 radical (unpaired) electrons. The third kappa shape index (κ3) is 3.19. The van der Waals surface area contributed by atoms with Gasteiger partial charge in [0.15, 0.2) is 5.75 Å². The number of nitrogens with one attached hydrogen (secondary N) is 1. The molecule has 1 aromatic heterocycles. The molecule has 1 amide bonds. The molecule has 0 spiro atoms. The molecule has 0 unspecified atom stereocenters. The number of carboxylic acids is 1. The Balaban J connectivity index is 2.13. The molecule has 3 N–H and O–H groups in total. The maximum absolute atomic E-state index is 13.0. The van der Waals surface area contributed by atoms with Gasteiger partial charge in [-0.3, -0.25) is 9.78 Å². The monoisotopic (exact) mass is 354 g/mol. The third-order valence-corrected chi connectivity index (χ3v) is 4.03. The quantitative estimate of drug-likeness (QED) is 0.669. The lowest BCUT2D eigenvalue weighted by molar-refractivity contribution is 0.0699. The van der Waals surface area contributed by atoms with Crippen molar-refractivity contribution in [2.75, 3.05) is 7.05 Å². The number of aromatic hydroxyl groups is 1. The molecule has 6 nitrogen and oxygen atoms in total. The molecule has 7 heteroatoms. The second-order valence-electron chi connectivity index (χ2n) is 5.75. The number of aromatic nitrogens is 1. The van der Waals surface area contributed by atoms with Gasteiger partial charge in [-0.1, -0.05) is 12.1 Å². The van der Waals surface area contributed by atoms with Crippen LogP contribution in [0.25, 0.3) is 10.9 Å². The van der Waals surface area contributed by atoms with E-state index in [1.54, 1.807) is 18.2 Å². The van der Waals surface area contributed by atoms with Gasteiger partial charge >= 0.3 is 5.97 Å². The summed E-state index contributed by atoms with van der Waals surface area (Å²) in [4.78, 5) is 27.6. The SMILES string of the molecule is CNC(=O)c1cc(C(=O)O)c2cc(Cc3ccc(F)cc3)cnc2c1O. The number of nitrogens with zero attached hydrogens (tertiary/aromatic N) is 1. The number of hydrogen-bond acceptors (Lipinski definition) is 4. The number of amides is 1. The highest BCUT2D eigenvalue weighted by Crippen LogP contribution is 2.31. The van der Waals surface area contributed by atoms with E-state index < -0.39 is 11.9 Å². The Kier molecular flexibility index (Phi) is 4.53. The average molecular weight is 354 g/mol. The molecule has 3 rings (SSSR count). The number of benzene rings is 2. The molecule has 0 saturated heterocycles. The van der Waals surface area contributed by atoms with Crippen LogP contribution in [-0.4, -0.2) is 34.1 Å². The molecule has 132 valence electrons. The van der Waals surface area contributed by atoms with Gasteiger partial charge in [0.25, 0.3) is 5.91 Å². The van der Waals surface area contributed by atoms with Crippen LogP contribution in [0.2, 0.25) is 0 Å². The fourth-order valence-corrected chi connectivity index (χ4v) is 2.74. The van der Waals surface area contributed by atoms with Crippen LogP contribution in [-0.2, 0) is 6.42 Å². The molecule has 0 fully saturated rings. The highest BCUT2D eigenvalue weighted by molar-refractivity contribution is 6.10. The Bertz CT molecular complexity index is 1020. The summed E-state index contributed by atoms with van der Waals surface area (Å²) < 4.78 is 13.0. The third-order valence-electron chi connectivity index (χ3n) is 4.03. The fraction of sp³-hybridized carbons (Fsp3) is 0.105. The lowest BCUT2D eigenvalue weighted by Gasteiger charge is -2.11. The summed E-state index contributed by atoms with van der Waals surface area (Å²) in [5.41, 5.74) is 1.27. The standard InChI is InChI=1S/C19H15FN2O4/c1-21-18(24)15-8-14(19(25)26)13-7-11(9-22-16(13)17(15)23)6-10-2-4-12(20)5-3-10/h2-5,7-9,23H,6H2,1H3,(H,21,24)(H,25,26). The lowest BCUT2D eigenvalue weighted by Crippen LogP contribution is -2.19. The molecule has 2 aromatic carbocycles. The highest BCUT2D eigenvalue weighted by Gasteiger charge is 2.20. The second kappa shape index (κ2) is 6.79. The van der Waals surface area contributed by atoms with Crippen molar-refractivity contribution in [3.63, 3.8) is 0 Å². The maximum atomic E-state index is 13.0. The molecular weight excluding hydrogens is 339 g/mol. The van der Waals surface area contributed by atoms with Crippen molar-refractivity contribution in [1.82, 2.24) is 10.3 Å². The summed E-state index contributed by atoms with van der Waals surface area (Å²) in [6, 6.07) is 8.67. The van der Waals surface area contributed by atoms with Gasteiger partial charge in [0.05, 0.1) is 11.1 Å². The number of fused-ring (bicyclic) bond motifs is 1. The van der Waals surface area contributed by atoms with Crippen molar-refractivity contribution in [2.24, 2.45) is 0 Å². The zero-order chi connectivity index (χ0) is 18.8. The van der Waals surface area contributed by atoms with Crippen LogP contribution < -0.4 is 5.32 Å². The van der Waals surface area contributed by atoms with E-state index in [0.29, 0.717) is 12.0 Å². The first-order valence-corrected chi connectivity index (χ1v) is 7.75. The molecule has 0 aliphatic rings. The maximum Gasteiger partial charge on any atom is 0.336 e. The minimum absolute atomic E-state index is 0.0337. The Morgan fingerprint density at radius 2 is 1.81 bits per heavy atom. The summed E-state index contributed by atoms with van der Waals surface area (Å²) >= 11 is 0. The van der Waals surface area contributed by atoms with Gasteiger partial charge in [-0.05, 0) is 41.8 Å². The number of hydrogen-bond donors (Lipinski definition) is 3. The number of phenols is 1. The van der Waals surface area contributed by atoms with Gasteiger partial charge in [-0.25, -0.2) is 9.18 Å². The Labute approximate surface area is 147 Å². The number of pyridine rings is 1. The van der Waals surface area contributed by atoms with Crippen LogP contribution in [0.5, 0.6) is 5.75 Å². The van der Waals surface area contributed by atoms with E-state index in [4.69, 9.17) is 0 Å². The minimum atomic E-state index is -1.24. The van der Waals surface area contributed by atoms with Crippen LogP contribution in [0, 0.1) is 5.82 Å². The Hall–Kier alpha value is -3.48. The highest BCUT2D eigenvalue weighted by atomic mass is 19.1. The normalized spacial score (nSPS) is 10.7. The van der Waals surface area contributed by atoms with E-state index in [-0.39, 0.29) is 33.6 Å². The van der Waals surface area contributed by atoms with E-state index in [0.717, 1.165) is 11.6 Å². The average Bonchev–Trinajstić information content (AvgIpc) is 2.63. The van der Waals surface area contributed by atoms with Crippen molar-refractivity contribution in [1.29, 1.82) is 0 Å². The van der Waals surface area contributed by atoms with E-state index in [2.05, 4.69) is 10.3 Å². The summed E-state index contributed by atoms with van der Waals surface area (Å²) in [5.74, 6) is -2.56. The number of rotatable bonds is 4. The number of carbonyl (C=O) groups excluding carboxylic acids is 1. The summed E-state index contributed by atoms with van der Waals surface area (Å²) in [6.07, 6.45) is 1.91. The van der Waals surface area contributed by atoms with E-state index in [9.17, 15) is 24.2 Å². The molecule has 0 atom stereocenters. The van der Waals surface area contributed by atoms with E-state index >= 15 is 0 Å². The molecule has 0 aliphatic carbocycles. The van der Waals surface area contributed by atoms with Crippen molar-refractivity contribution >= 4 is 22.8 Å². The van der Waals surface area contributed by atoms with Crippen molar-refractivity contribution in [3.05, 3.63) is 70.7 Å². The van der Waals surface area contributed by atoms with Gasteiger partial charge in [0, 0.05) is 18.6 Å². The number of carbonyl (C=O) groups is 2. The lowest BCUT2D eigenvalue weighted by atomic mass is 9.99. The minimum Gasteiger partial charge on any atom is -0.505 e. The van der Waals surface area contributed by atoms with Gasteiger partial charge < -0.3 is 15.5 Å². The Morgan fingerprint density at radius 3 is 2.42 bits per heavy atom. The molecule has 26 heavy (non-hydrogen) atoms. The van der Waals surface area contributed by atoms with Gasteiger partial charge in [0.1, 0.15) is 11.3 Å². The van der Waals surface area contributed by atoms with Crippen molar-refractivity contribution < 1.29 is 24.2 Å². The first kappa shape index (κ1) is 17.3. The van der Waals surface area contributed by atoms with Crippen LogP contribution in [0.3, 0.4) is 0 Å². The Morgan fingerprint density at radius 1 is 1.12 bits per heavy atom. The van der Waals surface area contributed by atoms with Gasteiger partial charge in [-0.15, -0.1) is 0 Å². The summed E-state index contributed by atoms with van der Waals surface area (Å²) in [7, 11) is 1.38. The van der Waals surface area contributed by atoms with Gasteiger partial charge in [0.2, 0.25) is 0 Å². The number of halogens is 1. The number of carboxylic acid groups (broad SMARTS) is 1. The molecule has 3 aromatic rings. The van der Waals surface area contributed by atoms with E-state index in [1.807, 2.05) is 0 Å². The largest absolute Gasteiger partial charge is 0.505 e. The molecule has 0 saturated carbocycles. The topological polar surface area (TPSA) is 99.5 Å². The smallest absolute Gasteiger partial charge is 0.336 e. The number of phenolic OH excluding ortho intramolecular Hbond substituents is 1. The summed E-state index contributed by atoms with van der Waals surface area (Å²) in [5, 5.41) is 22.4. The fourth-order valence-electron chi connectivity index (χ4n) is 2.74. The number of aromatic carboxylic acids is 1. The predicted octanol–water partition coefficient (Wildman–Crippen LogP) is 2.73. The molecule has 1 heterocycles. The van der Waals surface area contributed by atoms with Crippen LogP contribution >= 0.6 is 0 Å². The van der Waals surface area contributed by atoms with Crippen molar-refractivity contribution in [3.8, 4) is 5.75 Å². The zero-order valence-electron chi connectivity index (χ0n) is 13.8. The van der Waals surface area contributed by atoms with Crippen molar-refractivity contribution in [2.45, 2.75) is 6.42 Å². The predicted molar refractivity (Wildman–Crippen MR) is 93.0 cm³/mol. The second-order valence-corrected chi connectivity index (χ2v) is 5.75. The summed E-state index contributed by atoms with van der Waals surface area (Å²) in [6.45, 7) is 0. The first-order chi connectivity index (χ1) is 12.4. The van der Waals surface area contributed by atoms with Crippen LogP contribution in [0.1, 0.15) is 31.8 Å². The zero-order valence-corrected chi connectivity index (χ0v) is 13.8. The molecule has 0 aliphatic heterocycles. The molecule has 0 bridgehead atoms. The first-order valence-electron chi connectivity index (χ1n) is 7.75. The van der Waals surface area contributed by atoms with Gasteiger partial charge in [-0.2, -0.15) is 0 Å². The molecular formula is C19H15FN2O4. The van der Waals surface area contributed by atoms with E-state index in [1.165, 1.54) is 25.4 Å².